The predicted molar refractivity (Wildman–Crippen MR) is 157 cm³/mol. The number of esters is 1. The zero-order valence-electron chi connectivity index (χ0n) is 23.6. The second-order valence-electron chi connectivity index (χ2n) is 10.7. The average Bonchev–Trinajstić information content (AvgIpc) is 3.70. The maximum atomic E-state index is 15.1. The Morgan fingerprint density at radius 2 is 1.86 bits per heavy atom. The van der Waals surface area contributed by atoms with Crippen molar-refractivity contribution in [3.05, 3.63) is 101 Å². The summed E-state index contributed by atoms with van der Waals surface area (Å²) in [5.74, 6) is -1.73. The van der Waals surface area contributed by atoms with Crippen LogP contribution in [0.5, 0.6) is 0 Å². The van der Waals surface area contributed by atoms with Crippen LogP contribution in [0.3, 0.4) is 0 Å². The second-order valence-corrected chi connectivity index (χ2v) is 10.7. The summed E-state index contributed by atoms with van der Waals surface area (Å²) < 4.78 is 19.8. The maximum Gasteiger partial charge on any atom is 0.341 e. The topological polar surface area (TPSA) is 126 Å². The van der Waals surface area contributed by atoms with Crippen LogP contribution >= 0.6 is 0 Å². The van der Waals surface area contributed by atoms with E-state index in [0.717, 1.165) is 23.2 Å². The minimum atomic E-state index is -0.861. The summed E-state index contributed by atoms with van der Waals surface area (Å²) in [6.45, 7) is 2.03. The van der Waals surface area contributed by atoms with Gasteiger partial charge in [-0.15, -0.1) is 0 Å². The lowest BCUT2D eigenvalue weighted by atomic mass is 10.1. The Hall–Kier alpha value is -5.19. The number of benzene rings is 2. The van der Waals surface area contributed by atoms with Gasteiger partial charge in [-0.3, -0.25) is 14.6 Å². The van der Waals surface area contributed by atoms with E-state index in [1.165, 1.54) is 13.2 Å². The summed E-state index contributed by atoms with van der Waals surface area (Å²) in [6.07, 6.45) is 6.45. The first-order valence-corrected chi connectivity index (χ1v) is 13.9. The van der Waals surface area contributed by atoms with Crippen molar-refractivity contribution < 1.29 is 23.5 Å². The van der Waals surface area contributed by atoms with E-state index >= 15 is 4.39 Å². The Kier molecular flexibility index (Phi) is 7.54. The molecule has 1 saturated carbocycles. The van der Waals surface area contributed by atoms with Crippen molar-refractivity contribution in [1.82, 2.24) is 19.9 Å². The molecule has 10 nitrogen and oxygen atoms in total. The highest BCUT2D eigenvalue weighted by Crippen LogP contribution is 2.48. The highest BCUT2D eigenvalue weighted by Gasteiger charge is 2.56. The lowest BCUT2D eigenvalue weighted by Gasteiger charge is -2.27. The summed E-state index contributed by atoms with van der Waals surface area (Å²) in [5, 5.41) is 5.80. The third-order valence-electron chi connectivity index (χ3n) is 7.90. The average molecular weight is 581 g/mol. The Bertz CT molecular complexity index is 1700. The number of pyridine rings is 1. The van der Waals surface area contributed by atoms with Gasteiger partial charge in [0.15, 0.2) is 5.82 Å². The summed E-state index contributed by atoms with van der Waals surface area (Å²) in [6, 6.07) is 14.9. The first-order chi connectivity index (χ1) is 20.8. The fourth-order valence-electron chi connectivity index (χ4n) is 5.53. The van der Waals surface area contributed by atoms with Gasteiger partial charge in [-0.2, -0.15) is 0 Å². The molecular formula is C32H29FN6O4. The van der Waals surface area contributed by atoms with E-state index in [2.05, 4.69) is 30.3 Å². The number of hydrogen-bond donors (Lipinski definition) is 2. The molecule has 43 heavy (non-hydrogen) atoms. The van der Waals surface area contributed by atoms with Crippen molar-refractivity contribution in [3.8, 4) is 11.3 Å². The van der Waals surface area contributed by atoms with E-state index in [1.807, 2.05) is 30.3 Å². The third kappa shape index (κ3) is 5.66. The van der Waals surface area contributed by atoms with E-state index in [-0.39, 0.29) is 29.1 Å². The number of anilines is 2. The Morgan fingerprint density at radius 1 is 1.05 bits per heavy atom. The Morgan fingerprint density at radius 3 is 2.60 bits per heavy atom. The number of fused-ring (bicyclic) bond motifs is 1. The molecule has 2 fully saturated rings. The van der Waals surface area contributed by atoms with Gasteiger partial charge in [-0.05, 0) is 73.2 Å². The van der Waals surface area contributed by atoms with Crippen molar-refractivity contribution in [2.45, 2.75) is 38.4 Å². The van der Waals surface area contributed by atoms with Crippen LogP contribution in [0.1, 0.15) is 44.7 Å². The van der Waals surface area contributed by atoms with E-state index in [4.69, 9.17) is 0 Å². The summed E-state index contributed by atoms with van der Waals surface area (Å²) in [5.41, 5.74) is 3.05. The van der Waals surface area contributed by atoms with Gasteiger partial charge in [-0.1, -0.05) is 18.2 Å². The number of aryl methyl sites for hydroxylation is 1. The van der Waals surface area contributed by atoms with Crippen molar-refractivity contribution >= 4 is 29.4 Å². The molecule has 0 spiro atoms. The molecular weight excluding hydrogens is 551 g/mol. The molecule has 2 amide bonds. The molecule has 0 radical (unpaired) electrons. The number of hydrogen-bond acceptors (Lipinski definition) is 8. The van der Waals surface area contributed by atoms with Gasteiger partial charge >= 0.3 is 5.97 Å². The number of piperidine rings is 1. The number of nitrogens with zero attached hydrogens (tertiary/aromatic N) is 4. The molecule has 11 heteroatoms. The van der Waals surface area contributed by atoms with Crippen LogP contribution < -0.4 is 10.6 Å². The summed E-state index contributed by atoms with van der Waals surface area (Å²) >= 11 is 0. The molecule has 3 atom stereocenters. The van der Waals surface area contributed by atoms with Crippen molar-refractivity contribution in [2.24, 2.45) is 5.92 Å². The number of amides is 2. The van der Waals surface area contributed by atoms with Crippen LogP contribution in [0.4, 0.5) is 16.0 Å². The molecule has 1 saturated heterocycles. The van der Waals surface area contributed by atoms with Crippen LogP contribution in [0.25, 0.3) is 11.3 Å². The van der Waals surface area contributed by atoms with Gasteiger partial charge in [0.2, 0.25) is 11.9 Å². The summed E-state index contributed by atoms with van der Waals surface area (Å²) in [4.78, 5) is 53.5. The number of carbonyl (C=O) groups is 3. The zero-order valence-corrected chi connectivity index (χ0v) is 23.6. The van der Waals surface area contributed by atoms with Crippen molar-refractivity contribution in [1.29, 1.82) is 0 Å². The number of ether oxygens (including phenoxy) is 1. The largest absolute Gasteiger partial charge is 0.465 e. The fraction of sp³-hybridized carbons (Fsp3) is 0.250. The SMILES string of the molecule is COC(=O)c1c(C)ccc(NC(=O)[C@H]2C[C@H]3C[C@H]3N2C(=O)c2ccc(CNc3nccc(-c4cccnc4)n3)cc2)c1F. The van der Waals surface area contributed by atoms with Crippen LogP contribution in [0.2, 0.25) is 0 Å². The van der Waals surface area contributed by atoms with Crippen LogP contribution in [-0.4, -0.2) is 56.8 Å². The number of halogens is 1. The Labute approximate surface area is 247 Å². The first-order valence-electron chi connectivity index (χ1n) is 13.9. The molecule has 0 unspecified atom stereocenters. The molecule has 2 aliphatic rings. The Balaban J connectivity index is 1.12. The molecule has 218 valence electrons. The van der Waals surface area contributed by atoms with Crippen LogP contribution in [0.15, 0.2) is 73.2 Å². The van der Waals surface area contributed by atoms with E-state index in [1.54, 1.807) is 48.6 Å². The minimum absolute atomic E-state index is 0.0256. The number of methoxy groups -OCH3 is 1. The molecule has 1 aliphatic carbocycles. The van der Waals surface area contributed by atoms with Gasteiger partial charge in [0.25, 0.3) is 5.91 Å². The molecule has 2 aromatic heterocycles. The van der Waals surface area contributed by atoms with E-state index < -0.39 is 23.7 Å². The number of rotatable bonds is 8. The van der Waals surface area contributed by atoms with Gasteiger partial charge in [0, 0.05) is 42.3 Å². The standard InChI is InChI=1S/C32H29FN6O4/c1-18-5-10-24(28(33)27(18)31(42)43-2)37-29(40)26-15-22-14-25(22)39(26)30(41)20-8-6-19(7-9-20)16-36-32-35-13-11-23(38-32)21-4-3-12-34-17-21/h3-13,17,22,25-26H,14-16H2,1-2H3,(H,37,40)(H,35,36,38)/t22-,25-,26-/m1/s1. The van der Waals surface area contributed by atoms with E-state index in [9.17, 15) is 14.4 Å². The quantitative estimate of drug-likeness (QED) is 0.289. The molecule has 3 heterocycles. The number of nitrogens with one attached hydrogen (secondary N) is 2. The number of aromatic nitrogens is 3. The fourth-order valence-corrected chi connectivity index (χ4v) is 5.53. The predicted octanol–water partition coefficient (Wildman–Crippen LogP) is 4.63. The molecule has 2 N–H and O–H groups in total. The molecule has 4 aromatic rings. The maximum absolute atomic E-state index is 15.1. The molecule has 6 rings (SSSR count). The van der Waals surface area contributed by atoms with Crippen LogP contribution in [0, 0.1) is 18.7 Å². The van der Waals surface area contributed by atoms with Crippen molar-refractivity contribution in [2.75, 3.05) is 17.7 Å². The molecule has 1 aliphatic heterocycles. The normalized spacial score (nSPS) is 18.5. The zero-order chi connectivity index (χ0) is 30.1. The van der Waals surface area contributed by atoms with Crippen molar-refractivity contribution in [3.63, 3.8) is 0 Å². The molecule has 2 aromatic carbocycles. The number of carbonyl (C=O) groups excluding carboxylic acids is 3. The monoisotopic (exact) mass is 580 g/mol. The summed E-state index contributed by atoms with van der Waals surface area (Å²) in [7, 11) is 1.17. The molecule has 0 bridgehead atoms. The van der Waals surface area contributed by atoms with Crippen LogP contribution in [-0.2, 0) is 16.1 Å². The smallest absolute Gasteiger partial charge is 0.341 e. The highest BCUT2D eigenvalue weighted by molar-refractivity contribution is 6.03. The number of likely N-dealkylation sites (tertiary alicyclic amines) is 1. The first kappa shape index (κ1) is 28.0. The lowest BCUT2D eigenvalue weighted by molar-refractivity contribution is -0.120. The van der Waals surface area contributed by atoms with Gasteiger partial charge in [-0.25, -0.2) is 19.2 Å². The minimum Gasteiger partial charge on any atom is -0.465 e. The van der Waals surface area contributed by atoms with Gasteiger partial charge in [0.1, 0.15) is 11.6 Å². The van der Waals surface area contributed by atoms with Gasteiger partial charge < -0.3 is 20.3 Å². The second kappa shape index (κ2) is 11.6. The van der Waals surface area contributed by atoms with Gasteiger partial charge in [0.05, 0.1) is 18.5 Å². The third-order valence-corrected chi connectivity index (χ3v) is 7.90. The van der Waals surface area contributed by atoms with E-state index in [0.29, 0.717) is 30.0 Å². The highest BCUT2D eigenvalue weighted by atomic mass is 19.1. The lowest BCUT2D eigenvalue weighted by Crippen LogP contribution is -2.45.